The molecular weight excluding hydrogens is 464 g/mol. The highest BCUT2D eigenvalue weighted by Gasteiger charge is 2.68. The second-order valence-electron chi connectivity index (χ2n) is 14.2. The van der Waals surface area contributed by atoms with E-state index in [9.17, 15) is 19.5 Å². The van der Waals surface area contributed by atoms with Crippen LogP contribution in [0.2, 0.25) is 0 Å². The van der Waals surface area contributed by atoms with Gasteiger partial charge in [-0.15, -0.1) is 0 Å². The maximum Gasteiger partial charge on any atom is 0.303 e. The third-order valence-corrected chi connectivity index (χ3v) is 11.8. The van der Waals surface area contributed by atoms with Gasteiger partial charge in [0, 0.05) is 30.1 Å². The lowest BCUT2D eigenvalue weighted by Crippen LogP contribution is -2.61. The topological polar surface area (TPSA) is 80.7 Å². The number of aliphatic hydroxyl groups is 1. The number of rotatable bonds is 5. The zero-order valence-electron chi connectivity index (χ0n) is 24.4. The molecule has 0 unspecified atom stereocenters. The van der Waals surface area contributed by atoms with Crippen LogP contribution in [0.1, 0.15) is 101 Å². The summed E-state index contributed by atoms with van der Waals surface area (Å²) in [5.41, 5.74) is 1.31. The minimum absolute atomic E-state index is 0.0177. The monoisotopic (exact) mass is 512 g/mol. The number of aliphatic hydroxyl groups excluding tert-OH is 1. The normalized spacial score (nSPS) is 41.9. The molecule has 0 heterocycles. The van der Waals surface area contributed by atoms with Gasteiger partial charge in [0.1, 0.15) is 5.78 Å². The van der Waals surface area contributed by atoms with Gasteiger partial charge in [0.05, 0.1) is 6.10 Å². The third kappa shape index (κ3) is 4.01. The molecule has 0 saturated heterocycles. The molecule has 0 amide bonds. The molecule has 37 heavy (non-hydrogen) atoms. The molecule has 0 bridgehead atoms. The molecule has 5 heteroatoms. The average Bonchev–Trinajstić information content (AvgIpc) is 3.08. The first-order valence-corrected chi connectivity index (χ1v) is 14.3. The molecule has 0 aliphatic heterocycles. The van der Waals surface area contributed by atoms with Gasteiger partial charge in [-0.05, 0) is 80.6 Å². The highest BCUT2D eigenvalue weighted by molar-refractivity contribution is 5.95. The average molecular weight is 513 g/mol. The van der Waals surface area contributed by atoms with Crippen LogP contribution in [-0.2, 0) is 19.1 Å². The quantitative estimate of drug-likeness (QED) is 0.268. The van der Waals surface area contributed by atoms with Gasteiger partial charge < -0.3 is 9.84 Å². The van der Waals surface area contributed by atoms with E-state index in [-0.39, 0.29) is 45.7 Å². The Balaban J connectivity index is 1.73. The second-order valence-corrected chi connectivity index (χ2v) is 14.2. The van der Waals surface area contributed by atoms with Gasteiger partial charge in [0.25, 0.3) is 0 Å². The lowest BCUT2D eigenvalue weighted by atomic mass is 9.40. The van der Waals surface area contributed by atoms with Gasteiger partial charge in [-0.1, -0.05) is 58.8 Å². The summed E-state index contributed by atoms with van der Waals surface area (Å²) in [6.45, 7) is 18.3. The van der Waals surface area contributed by atoms with Gasteiger partial charge in [0.2, 0.25) is 0 Å². The molecule has 4 aliphatic carbocycles. The fourth-order valence-electron chi connectivity index (χ4n) is 9.58. The molecule has 0 radical (unpaired) electrons. The van der Waals surface area contributed by atoms with E-state index in [0.717, 1.165) is 31.3 Å². The molecule has 206 valence electrons. The minimum atomic E-state index is -0.853. The summed E-state index contributed by atoms with van der Waals surface area (Å²) in [6, 6.07) is 0. The Morgan fingerprint density at radius 1 is 1.11 bits per heavy atom. The first-order valence-electron chi connectivity index (χ1n) is 14.3. The molecule has 5 nitrogen and oxygen atoms in total. The third-order valence-electron chi connectivity index (χ3n) is 11.8. The summed E-state index contributed by atoms with van der Waals surface area (Å²) < 4.78 is 5.65. The van der Waals surface area contributed by atoms with Gasteiger partial charge in [-0.25, -0.2) is 0 Å². The molecule has 4 aliphatic rings. The fourth-order valence-corrected chi connectivity index (χ4v) is 9.58. The summed E-state index contributed by atoms with van der Waals surface area (Å²) in [4.78, 5) is 38.1. The number of hydrogen-bond donors (Lipinski definition) is 1. The van der Waals surface area contributed by atoms with Crippen molar-refractivity contribution in [3.05, 3.63) is 23.3 Å². The van der Waals surface area contributed by atoms with Crippen LogP contribution in [0, 0.1) is 45.3 Å². The van der Waals surface area contributed by atoms with E-state index in [2.05, 4.69) is 40.7 Å². The van der Waals surface area contributed by atoms with Crippen molar-refractivity contribution >= 4 is 17.5 Å². The number of carbonyl (C=O) groups is 3. The summed E-state index contributed by atoms with van der Waals surface area (Å²) in [6.07, 6.45) is 7.49. The van der Waals surface area contributed by atoms with Crippen LogP contribution in [-0.4, -0.2) is 34.9 Å². The molecule has 0 spiro atoms. The number of ketones is 2. The molecule has 0 aromatic carbocycles. The Kier molecular flexibility index (Phi) is 7.01. The summed E-state index contributed by atoms with van der Waals surface area (Å²) in [7, 11) is 0. The van der Waals surface area contributed by atoms with Crippen molar-refractivity contribution in [1.82, 2.24) is 0 Å². The van der Waals surface area contributed by atoms with Crippen molar-refractivity contribution in [1.29, 1.82) is 0 Å². The summed E-state index contributed by atoms with van der Waals surface area (Å²) in [5.74, 6) is 0.0763. The molecule has 3 fully saturated rings. The van der Waals surface area contributed by atoms with Gasteiger partial charge in [0.15, 0.2) is 11.9 Å². The maximum absolute atomic E-state index is 13.2. The highest BCUT2D eigenvalue weighted by atomic mass is 16.5. The Hall–Kier alpha value is -1.75. The van der Waals surface area contributed by atoms with E-state index < -0.39 is 23.6 Å². The van der Waals surface area contributed by atoms with Crippen LogP contribution < -0.4 is 0 Å². The van der Waals surface area contributed by atoms with Gasteiger partial charge in [-0.2, -0.15) is 0 Å². The Morgan fingerprint density at radius 2 is 1.76 bits per heavy atom. The standard InChI is InChI=1S/C32H48O5/c1-18(2)16-24(34)28(37-20(4)33)19(3)21-12-15-31(8)22-10-11-25-29(5,6)26(35)13-14-30(25,7)23(22)17-27(36)32(21,31)9/h10,16,19,21,23,25,27-28,36H,11-15,17H2,1-9H3/t19-,21+,23+,25+,27-,28+,30-,31-,32-/m0/s1. The number of Topliss-reactive ketones (excluding diaryl/α,β-unsaturated/α-hetero) is 1. The fraction of sp³-hybridized carbons (Fsp3) is 0.781. The maximum atomic E-state index is 13.2. The summed E-state index contributed by atoms with van der Waals surface area (Å²) in [5, 5.41) is 12.0. The van der Waals surface area contributed by atoms with Crippen molar-refractivity contribution < 1.29 is 24.2 Å². The van der Waals surface area contributed by atoms with Crippen molar-refractivity contribution in [2.45, 2.75) is 113 Å². The lowest BCUT2D eigenvalue weighted by Gasteiger charge is -2.64. The second kappa shape index (κ2) is 9.17. The Labute approximate surface area is 223 Å². The zero-order valence-corrected chi connectivity index (χ0v) is 24.4. The van der Waals surface area contributed by atoms with Gasteiger partial charge in [-0.3, -0.25) is 14.4 Å². The molecule has 0 aromatic heterocycles. The number of fused-ring (bicyclic) bond motifs is 5. The van der Waals surface area contributed by atoms with E-state index in [1.165, 1.54) is 12.5 Å². The SMILES string of the molecule is CC(=O)O[C@@H](C(=O)C=C(C)C)[C@@H](C)[C@H]1CC[C@@]2(C)C3=CC[C@@H]4C(C)(C)C(=O)CC[C@@]4(C)[C@@H]3C[C@H](O)[C@]12C. The van der Waals surface area contributed by atoms with Crippen LogP contribution in [0.4, 0.5) is 0 Å². The first kappa shape index (κ1) is 28.3. The molecule has 9 atom stereocenters. The van der Waals surface area contributed by atoms with Crippen molar-refractivity contribution in [2.75, 3.05) is 0 Å². The smallest absolute Gasteiger partial charge is 0.303 e. The van der Waals surface area contributed by atoms with Crippen molar-refractivity contribution in [3.8, 4) is 0 Å². The number of carbonyl (C=O) groups excluding carboxylic acids is 3. The number of hydrogen-bond acceptors (Lipinski definition) is 5. The number of esters is 1. The van der Waals surface area contributed by atoms with E-state index in [1.54, 1.807) is 6.08 Å². The number of allylic oxidation sites excluding steroid dienone is 3. The molecule has 4 rings (SSSR count). The van der Waals surface area contributed by atoms with Crippen LogP contribution >= 0.6 is 0 Å². The van der Waals surface area contributed by atoms with E-state index in [1.807, 2.05) is 20.8 Å². The zero-order chi connectivity index (χ0) is 27.7. The van der Waals surface area contributed by atoms with E-state index in [4.69, 9.17) is 4.74 Å². The van der Waals surface area contributed by atoms with Crippen LogP contribution in [0.25, 0.3) is 0 Å². The highest BCUT2D eigenvalue weighted by Crippen LogP contribution is 2.73. The molecule has 3 saturated carbocycles. The van der Waals surface area contributed by atoms with Crippen LogP contribution in [0.5, 0.6) is 0 Å². The predicted molar refractivity (Wildman–Crippen MR) is 145 cm³/mol. The van der Waals surface area contributed by atoms with E-state index >= 15 is 0 Å². The lowest BCUT2D eigenvalue weighted by molar-refractivity contribution is -0.165. The Bertz CT molecular complexity index is 1050. The van der Waals surface area contributed by atoms with Crippen LogP contribution in [0.3, 0.4) is 0 Å². The minimum Gasteiger partial charge on any atom is -0.454 e. The Morgan fingerprint density at radius 3 is 2.35 bits per heavy atom. The van der Waals surface area contributed by atoms with Crippen molar-refractivity contribution in [2.24, 2.45) is 45.3 Å². The number of ether oxygens (including phenoxy) is 1. The van der Waals surface area contributed by atoms with Crippen LogP contribution in [0.15, 0.2) is 23.3 Å². The first-order chi connectivity index (χ1) is 17.0. The molecular formula is C32H48O5. The molecule has 0 aromatic rings. The van der Waals surface area contributed by atoms with Gasteiger partial charge >= 0.3 is 5.97 Å². The van der Waals surface area contributed by atoms with E-state index in [0.29, 0.717) is 18.6 Å². The summed E-state index contributed by atoms with van der Waals surface area (Å²) >= 11 is 0. The molecule has 1 N–H and O–H groups in total. The predicted octanol–water partition coefficient (Wildman–Crippen LogP) is 6.23. The van der Waals surface area contributed by atoms with Crippen molar-refractivity contribution in [3.63, 3.8) is 0 Å². The largest absolute Gasteiger partial charge is 0.454 e.